The van der Waals surface area contributed by atoms with Crippen LogP contribution in [0.3, 0.4) is 0 Å². The van der Waals surface area contributed by atoms with Crippen LogP contribution in [0.15, 0.2) is 53.5 Å². The van der Waals surface area contributed by atoms with Gasteiger partial charge in [0.05, 0.1) is 0 Å². The van der Waals surface area contributed by atoms with Gasteiger partial charge in [-0.3, -0.25) is 10.3 Å². The highest BCUT2D eigenvalue weighted by Crippen LogP contribution is 2.36. The Morgan fingerprint density at radius 1 is 1.12 bits per heavy atom. The number of likely N-dealkylation sites (tertiary alicyclic amines) is 1. The molecule has 5 heteroatoms. The smallest absolute Gasteiger partial charge is 0.124 e. The molecule has 0 saturated carbocycles. The summed E-state index contributed by atoms with van der Waals surface area (Å²) < 4.78 is 0. The summed E-state index contributed by atoms with van der Waals surface area (Å²) >= 11 is 6.07. The van der Waals surface area contributed by atoms with Gasteiger partial charge in [0.15, 0.2) is 0 Å². The third kappa shape index (κ3) is 3.50. The van der Waals surface area contributed by atoms with E-state index in [9.17, 15) is 5.11 Å². The van der Waals surface area contributed by atoms with Crippen molar-refractivity contribution in [3.8, 4) is 5.75 Å². The summed E-state index contributed by atoms with van der Waals surface area (Å²) in [6.45, 7) is 2.02. The first-order valence-electron chi connectivity index (χ1n) is 9.13. The van der Waals surface area contributed by atoms with Gasteiger partial charge >= 0.3 is 0 Å². The van der Waals surface area contributed by atoms with E-state index in [1.807, 2.05) is 30.3 Å². The van der Waals surface area contributed by atoms with Crippen molar-refractivity contribution in [3.05, 3.63) is 64.7 Å². The number of nitrogens with one attached hydrogen (secondary N) is 1. The van der Waals surface area contributed by atoms with Gasteiger partial charge in [-0.15, -0.1) is 0 Å². The van der Waals surface area contributed by atoms with Crippen LogP contribution in [0.1, 0.15) is 36.4 Å². The minimum atomic E-state index is -0.271. The third-order valence-corrected chi connectivity index (χ3v) is 5.74. The molecule has 4 rings (SSSR count). The van der Waals surface area contributed by atoms with Crippen molar-refractivity contribution in [1.29, 1.82) is 0 Å². The summed E-state index contributed by atoms with van der Waals surface area (Å²) in [7, 11) is 2.15. The molecule has 2 aromatic carbocycles. The molecule has 136 valence electrons. The number of benzene rings is 2. The van der Waals surface area contributed by atoms with Crippen molar-refractivity contribution in [3.63, 3.8) is 0 Å². The predicted molar refractivity (Wildman–Crippen MR) is 106 cm³/mol. The van der Waals surface area contributed by atoms with Gasteiger partial charge in [0.2, 0.25) is 0 Å². The van der Waals surface area contributed by atoms with E-state index in [1.54, 1.807) is 6.07 Å². The number of piperidine rings is 1. The van der Waals surface area contributed by atoms with Gasteiger partial charge in [-0.25, -0.2) is 0 Å². The van der Waals surface area contributed by atoms with Gasteiger partial charge in [-0.05, 0) is 49.7 Å². The van der Waals surface area contributed by atoms with Crippen LogP contribution in [0.25, 0.3) is 0 Å². The second-order valence-corrected chi connectivity index (χ2v) is 7.80. The number of rotatable bonds is 2. The fraction of sp³-hybridized carbons (Fsp3) is 0.381. The maximum absolute atomic E-state index is 10.4. The Morgan fingerprint density at radius 3 is 2.50 bits per heavy atom. The monoisotopic (exact) mass is 369 g/mol. The van der Waals surface area contributed by atoms with Gasteiger partial charge in [0.25, 0.3) is 0 Å². The van der Waals surface area contributed by atoms with E-state index in [0.29, 0.717) is 5.75 Å². The molecule has 2 N–H and O–H groups in total. The Labute approximate surface area is 159 Å². The molecule has 2 aliphatic heterocycles. The Kier molecular flexibility index (Phi) is 4.74. The lowest BCUT2D eigenvalue weighted by molar-refractivity contribution is 0.144. The quantitative estimate of drug-likeness (QED) is 0.841. The number of aromatic hydroxyl groups is 1. The number of phenols is 1. The molecule has 0 aliphatic carbocycles. The lowest BCUT2D eigenvalue weighted by atomic mass is 9.88. The molecule has 1 atom stereocenters. The lowest BCUT2D eigenvalue weighted by Crippen LogP contribution is -2.55. The summed E-state index contributed by atoms with van der Waals surface area (Å²) in [6.07, 6.45) is 2.67. The van der Waals surface area contributed by atoms with Crippen molar-refractivity contribution in [2.24, 2.45) is 4.99 Å². The minimum Gasteiger partial charge on any atom is -0.507 e. The normalized spacial score (nSPS) is 23.0. The molecule has 2 aromatic rings. The lowest BCUT2D eigenvalue weighted by Gasteiger charge is -2.44. The van der Waals surface area contributed by atoms with Gasteiger partial charge in [-0.1, -0.05) is 35.9 Å². The molecule has 0 bridgehead atoms. The van der Waals surface area contributed by atoms with Gasteiger partial charge in [0.1, 0.15) is 11.4 Å². The summed E-state index contributed by atoms with van der Waals surface area (Å²) in [4.78, 5) is 7.47. The maximum Gasteiger partial charge on any atom is 0.124 e. The molecular weight excluding hydrogens is 346 g/mol. The summed E-state index contributed by atoms with van der Waals surface area (Å²) in [5, 5.41) is 14.9. The zero-order chi connectivity index (χ0) is 18.1. The third-order valence-electron chi connectivity index (χ3n) is 5.49. The minimum absolute atomic E-state index is 0.155. The van der Waals surface area contributed by atoms with Crippen molar-refractivity contribution < 1.29 is 5.11 Å². The van der Waals surface area contributed by atoms with Crippen molar-refractivity contribution in [2.75, 3.05) is 20.1 Å². The van der Waals surface area contributed by atoms with E-state index in [-0.39, 0.29) is 11.7 Å². The van der Waals surface area contributed by atoms with Gasteiger partial charge in [-0.2, -0.15) is 0 Å². The first kappa shape index (κ1) is 17.5. The Bertz CT molecular complexity index is 810. The van der Waals surface area contributed by atoms with Gasteiger partial charge in [0, 0.05) is 41.8 Å². The Hall–Kier alpha value is -1.88. The number of hydrogen-bond donors (Lipinski definition) is 2. The molecule has 2 heterocycles. The first-order valence-corrected chi connectivity index (χ1v) is 9.51. The van der Waals surface area contributed by atoms with E-state index in [0.717, 1.165) is 48.6 Å². The molecule has 1 saturated heterocycles. The van der Waals surface area contributed by atoms with E-state index >= 15 is 0 Å². The molecule has 1 fully saturated rings. The van der Waals surface area contributed by atoms with Gasteiger partial charge < -0.3 is 10.0 Å². The van der Waals surface area contributed by atoms with Crippen LogP contribution in [-0.4, -0.2) is 41.5 Å². The number of nitrogens with zero attached hydrogens (tertiary/aromatic N) is 2. The maximum atomic E-state index is 10.4. The fourth-order valence-corrected chi connectivity index (χ4v) is 4.06. The molecular formula is C21H24ClN3O. The number of para-hydroxylation sites is 1. The van der Waals surface area contributed by atoms with Crippen molar-refractivity contribution >= 4 is 17.3 Å². The molecule has 4 nitrogen and oxygen atoms in total. The Balaban J connectivity index is 1.73. The van der Waals surface area contributed by atoms with Crippen LogP contribution >= 0.6 is 11.6 Å². The second kappa shape index (κ2) is 7.03. The topological polar surface area (TPSA) is 47.9 Å². The molecule has 1 spiro atoms. The summed E-state index contributed by atoms with van der Waals surface area (Å²) in [5.74, 6) is 0.297. The largest absolute Gasteiger partial charge is 0.507 e. The average molecular weight is 370 g/mol. The first-order chi connectivity index (χ1) is 12.5. The molecule has 26 heavy (non-hydrogen) atoms. The molecule has 0 radical (unpaired) electrons. The standard InChI is InChI=1S/C21H24ClN3O/c1-25-12-10-21(11-13-25)23-18(15-6-8-16(22)9-7-15)14-19(24-21)17-4-2-3-5-20(17)26/h2-9,18,23,26H,10-14H2,1H3. The average Bonchev–Trinajstić information content (AvgIpc) is 2.65. The molecule has 2 aliphatic rings. The van der Waals surface area contributed by atoms with E-state index in [4.69, 9.17) is 16.6 Å². The number of hydrogen-bond acceptors (Lipinski definition) is 4. The molecule has 1 unspecified atom stereocenters. The molecule has 0 aromatic heterocycles. The van der Waals surface area contributed by atoms with Crippen LogP contribution in [-0.2, 0) is 0 Å². The SMILES string of the molecule is CN1CCC2(CC1)N=C(c1ccccc1O)CC(c1ccc(Cl)cc1)N2. The summed E-state index contributed by atoms with van der Waals surface area (Å²) in [6, 6.07) is 15.7. The highest BCUT2D eigenvalue weighted by molar-refractivity contribution is 6.30. The zero-order valence-corrected chi connectivity index (χ0v) is 15.7. The predicted octanol–water partition coefficient (Wildman–Crippen LogP) is 3.99. The number of aliphatic imine (C=N–C) groups is 1. The Morgan fingerprint density at radius 2 is 1.81 bits per heavy atom. The second-order valence-electron chi connectivity index (χ2n) is 7.36. The van der Waals surface area contributed by atoms with Crippen LogP contribution in [0, 0.1) is 0 Å². The highest BCUT2D eigenvalue weighted by atomic mass is 35.5. The number of halogens is 1. The summed E-state index contributed by atoms with van der Waals surface area (Å²) in [5.41, 5.74) is 2.75. The van der Waals surface area contributed by atoms with Crippen LogP contribution < -0.4 is 5.32 Å². The zero-order valence-electron chi connectivity index (χ0n) is 15.0. The van der Waals surface area contributed by atoms with E-state index < -0.39 is 0 Å². The van der Waals surface area contributed by atoms with Crippen LogP contribution in [0.5, 0.6) is 5.75 Å². The van der Waals surface area contributed by atoms with E-state index in [2.05, 4.69) is 29.4 Å². The molecule has 0 amide bonds. The van der Waals surface area contributed by atoms with Crippen LogP contribution in [0.2, 0.25) is 5.02 Å². The van der Waals surface area contributed by atoms with Crippen molar-refractivity contribution in [2.45, 2.75) is 31.0 Å². The highest BCUT2D eigenvalue weighted by Gasteiger charge is 2.39. The fourth-order valence-electron chi connectivity index (χ4n) is 3.93. The van der Waals surface area contributed by atoms with E-state index in [1.165, 1.54) is 5.56 Å². The van der Waals surface area contributed by atoms with Crippen molar-refractivity contribution in [1.82, 2.24) is 10.2 Å². The number of phenolic OH excluding ortho intramolecular Hbond substituents is 1. The van der Waals surface area contributed by atoms with Crippen LogP contribution in [0.4, 0.5) is 0 Å².